The van der Waals surface area contributed by atoms with E-state index < -0.39 is 6.09 Å². The van der Waals surface area contributed by atoms with E-state index in [4.69, 9.17) is 5.11 Å². The van der Waals surface area contributed by atoms with Crippen LogP contribution in [0, 0.1) is 0 Å². The summed E-state index contributed by atoms with van der Waals surface area (Å²) in [6, 6.07) is 13.6. The van der Waals surface area contributed by atoms with Crippen LogP contribution >= 0.6 is 0 Å². The number of nitrogens with one attached hydrogen (secondary N) is 1. The number of hydrogen-bond donors (Lipinski definition) is 2. The fraction of sp³-hybridized carbons (Fsp3) is 0.250. The van der Waals surface area contributed by atoms with Gasteiger partial charge in [-0.1, -0.05) is 30.3 Å². The lowest BCUT2D eigenvalue weighted by molar-refractivity contribution is -0.132. The maximum absolute atomic E-state index is 12.4. The Balaban J connectivity index is 1.92. The summed E-state index contributed by atoms with van der Waals surface area (Å²) in [6.07, 6.45) is 0.813. The van der Waals surface area contributed by atoms with Gasteiger partial charge in [-0.25, -0.2) is 4.79 Å². The number of benzene rings is 1. The van der Waals surface area contributed by atoms with Crippen molar-refractivity contribution >= 4 is 12.0 Å². The number of carbonyl (C=O) groups is 2. The summed E-state index contributed by atoms with van der Waals surface area (Å²) in [6.45, 7) is 1.06. The number of carboxylic acid groups (broad SMARTS) is 1. The largest absolute Gasteiger partial charge is 0.465 e. The molecule has 1 aliphatic rings. The van der Waals surface area contributed by atoms with E-state index >= 15 is 0 Å². The van der Waals surface area contributed by atoms with Crippen LogP contribution in [0.2, 0.25) is 0 Å². The van der Waals surface area contributed by atoms with Gasteiger partial charge >= 0.3 is 6.09 Å². The fourth-order valence-electron chi connectivity index (χ4n) is 2.89. The van der Waals surface area contributed by atoms with Gasteiger partial charge < -0.3 is 19.9 Å². The molecule has 22 heavy (non-hydrogen) atoms. The minimum atomic E-state index is -1.19. The van der Waals surface area contributed by atoms with Crippen LogP contribution in [0.3, 0.4) is 0 Å². The predicted octanol–water partition coefficient (Wildman–Crippen LogP) is 1.69. The molecule has 1 aromatic carbocycles. The molecular formula is C16H17N3O3. The molecule has 2 heterocycles. The third-order valence-corrected chi connectivity index (χ3v) is 3.86. The van der Waals surface area contributed by atoms with Gasteiger partial charge in [0, 0.05) is 25.0 Å². The Morgan fingerprint density at radius 1 is 1.14 bits per heavy atom. The van der Waals surface area contributed by atoms with Crippen LogP contribution in [0.4, 0.5) is 4.79 Å². The zero-order valence-corrected chi connectivity index (χ0v) is 12.0. The number of nitrogens with zero attached hydrogens (tertiary/aromatic N) is 2. The maximum Gasteiger partial charge on any atom is 0.405 e. The van der Waals surface area contributed by atoms with Crippen molar-refractivity contribution in [3.63, 3.8) is 0 Å². The molecule has 1 atom stereocenters. The van der Waals surface area contributed by atoms with E-state index in [2.05, 4.69) is 9.88 Å². The molecule has 0 saturated heterocycles. The van der Waals surface area contributed by atoms with Crippen molar-refractivity contribution in [3.05, 3.63) is 59.9 Å². The molecule has 6 nitrogen and oxygen atoms in total. The summed E-state index contributed by atoms with van der Waals surface area (Å²) < 4.78 is 2.13. The lowest BCUT2D eigenvalue weighted by Gasteiger charge is -2.37. The highest BCUT2D eigenvalue weighted by Crippen LogP contribution is 2.32. The average molecular weight is 299 g/mol. The van der Waals surface area contributed by atoms with Gasteiger partial charge in [0.1, 0.15) is 6.54 Å². The topological polar surface area (TPSA) is 74.6 Å². The molecule has 6 heteroatoms. The average Bonchev–Trinajstić information content (AvgIpc) is 3.01. The number of carbonyl (C=O) groups excluding carboxylic acids is 1. The summed E-state index contributed by atoms with van der Waals surface area (Å²) in [4.78, 5) is 24.8. The molecule has 2 N–H and O–H groups in total. The number of rotatable bonds is 3. The molecule has 0 spiro atoms. The lowest BCUT2D eigenvalue weighted by Crippen LogP contribution is -2.46. The Labute approximate surface area is 128 Å². The van der Waals surface area contributed by atoms with Crippen molar-refractivity contribution in [1.82, 2.24) is 14.8 Å². The van der Waals surface area contributed by atoms with Crippen LogP contribution in [-0.4, -0.2) is 39.7 Å². The van der Waals surface area contributed by atoms with Gasteiger partial charge in [0.05, 0.1) is 6.04 Å². The Morgan fingerprint density at radius 3 is 2.64 bits per heavy atom. The molecule has 0 aliphatic carbocycles. The fourth-order valence-corrected chi connectivity index (χ4v) is 2.89. The van der Waals surface area contributed by atoms with Crippen LogP contribution in [0.25, 0.3) is 0 Å². The standard InChI is InChI=1S/C16H17N3O3/c20-14(11-17-16(21)22)19-10-9-18-8-4-7-13(18)15(19)12-5-2-1-3-6-12/h1-8,15,17H,9-11H2,(H,21,22). The first-order valence-electron chi connectivity index (χ1n) is 7.13. The van der Waals surface area contributed by atoms with E-state index in [1.54, 1.807) is 4.90 Å². The van der Waals surface area contributed by atoms with Gasteiger partial charge in [-0.3, -0.25) is 4.79 Å². The van der Waals surface area contributed by atoms with E-state index in [0.29, 0.717) is 13.1 Å². The van der Waals surface area contributed by atoms with Crippen LogP contribution in [0.1, 0.15) is 17.3 Å². The van der Waals surface area contributed by atoms with E-state index in [1.807, 2.05) is 48.7 Å². The molecule has 0 radical (unpaired) electrons. The van der Waals surface area contributed by atoms with E-state index in [1.165, 1.54) is 0 Å². The Kier molecular flexibility index (Phi) is 3.82. The quantitative estimate of drug-likeness (QED) is 0.905. The smallest absolute Gasteiger partial charge is 0.405 e. The molecule has 1 aliphatic heterocycles. The normalized spacial score (nSPS) is 16.9. The molecule has 1 aromatic heterocycles. The molecule has 2 amide bonds. The molecular weight excluding hydrogens is 282 g/mol. The minimum absolute atomic E-state index is 0.187. The van der Waals surface area contributed by atoms with Gasteiger partial charge in [0.25, 0.3) is 0 Å². The third kappa shape index (κ3) is 2.67. The van der Waals surface area contributed by atoms with E-state index in [-0.39, 0.29) is 18.5 Å². The second-order valence-electron chi connectivity index (χ2n) is 5.19. The summed E-state index contributed by atoms with van der Waals surface area (Å²) in [5.74, 6) is -0.219. The summed E-state index contributed by atoms with van der Waals surface area (Å²) >= 11 is 0. The van der Waals surface area contributed by atoms with Crippen LogP contribution < -0.4 is 5.32 Å². The van der Waals surface area contributed by atoms with E-state index in [0.717, 1.165) is 11.3 Å². The van der Waals surface area contributed by atoms with Gasteiger partial charge in [-0.15, -0.1) is 0 Å². The molecule has 0 bridgehead atoms. The van der Waals surface area contributed by atoms with Gasteiger partial charge in [-0.2, -0.15) is 0 Å². The lowest BCUT2D eigenvalue weighted by atomic mass is 10.00. The van der Waals surface area contributed by atoms with Crippen molar-refractivity contribution in [3.8, 4) is 0 Å². The molecule has 0 saturated carbocycles. The molecule has 3 rings (SSSR count). The van der Waals surface area contributed by atoms with Crippen LogP contribution in [-0.2, 0) is 11.3 Å². The number of aromatic nitrogens is 1. The predicted molar refractivity (Wildman–Crippen MR) is 80.5 cm³/mol. The Hall–Kier alpha value is -2.76. The molecule has 0 fully saturated rings. The third-order valence-electron chi connectivity index (χ3n) is 3.86. The van der Waals surface area contributed by atoms with Crippen molar-refractivity contribution in [2.24, 2.45) is 0 Å². The first-order chi connectivity index (χ1) is 10.7. The van der Waals surface area contributed by atoms with Crippen LogP contribution in [0.5, 0.6) is 0 Å². The zero-order valence-electron chi connectivity index (χ0n) is 12.0. The van der Waals surface area contributed by atoms with E-state index in [9.17, 15) is 9.59 Å². The summed E-state index contributed by atoms with van der Waals surface area (Å²) in [5.41, 5.74) is 2.06. The highest BCUT2D eigenvalue weighted by atomic mass is 16.4. The molecule has 114 valence electrons. The second-order valence-corrected chi connectivity index (χ2v) is 5.19. The minimum Gasteiger partial charge on any atom is -0.465 e. The number of hydrogen-bond acceptors (Lipinski definition) is 2. The highest BCUT2D eigenvalue weighted by Gasteiger charge is 2.31. The Morgan fingerprint density at radius 2 is 1.91 bits per heavy atom. The van der Waals surface area contributed by atoms with Crippen molar-refractivity contribution in [2.75, 3.05) is 13.1 Å². The van der Waals surface area contributed by atoms with Gasteiger partial charge in [-0.05, 0) is 17.7 Å². The zero-order chi connectivity index (χ0) is 15.5. The van der Waals surface area contributed by atoms with Crippen molar-refractivity contribution < 1.29 is 14.7 Å². The monoisotopic (exact) mass is 299 g/mol. The number of fused-ring (bicyclic) bond motifs is 1. The van der Waals surface area contributed by atoms with Crippen molar-refractivity contribution in [2.45, 2.75) is 12.6 Å². The molecule has 2 aromatic rings. The highest BCUT2D eigenvalue weighted by molar-refractivity contribution is 5.82. The maximum atomic E-state index is 12.4. The second kappa shape index (κ2) is 5.93. The van der Waals surface area contributed by atoms with Gasteiger partial charge in [0.2, 0.25) is 5.91 Å². The molecule has 1 unspecified atom stereocenters. The SMILES string of the molecule is O=C(O)NCC(=O)N1CCn2cccc2C1c1ccccc1. The van der Waals surface area contributed by atoms with Crippen molar-refractivity contribution in [1.29, 1.82) is 0 Å². The van der Waals surface area contributed by atoms with Crippen LogP contribution in [0.15, 0.2) is 48.7 Å². The number of amides is 2. The van der Waals surface area contributed by atoms with Gasteiger partial charge in [0.15, 0.2) is 0 Å². The Bertz CT molecular complexity index is 681. The summed E-state index contributed by atoms with van der Waals surface area (Å²) in [7, 11) is 0. The first kappa shape index (κ1) is 14.2. The summed E-state index contributed by atoms with van der Waals surface area (Å²) in [5, 5.41) is 10.8. The first-order valence-corrected chi connectivity index (χ1v) is 7.13.